The number of hydrogen-bond acceptors (Lipinski definition) is 5. The van der Waals surface area contributed by atoms with Crippen LogP contribution in [-0.2, 0) is 21.4 Å². The van der Waals surface area contributed by atoms with Crippen LogP contribution in [0.1, 0.15) is 25.3 Å². The highest BCUT2D eigenvalue weighted by molar-refractivity contribution is 7.89. The minimum atomic E-state index is -3.54. The van der Waals surface area contributed by atoms with Gasteiger partial charge in [-0.05, 0) is 44.1 Å². The van der Waals surface area contributed by atoms with Gasteiger partial charge in [-0.1, -0.05) is 6.92 Å². The molecule has 0 aliphatic carbocycles. The minimum Gasteiger partial charge on any atom is -0.496 e. The van der Waals surface area contributed by atoms with Gasteiger partial charge in [0.25, 0.3) is 0 Å². The van der Waals surface area contributed by atoms with Crippen molar-refractivity contribution in [3.05, 3.63) is 23.8 Å². The Balaban J connectivity index is 2.21. The van der Waals surface area contributed by atoms with Gasteiger partial charge < -0.3 is 15.4 Å². The fraction of sp³-hybridized carbons (Fsp3) is 0.588. The standard InChI is InChI=1S/C17H27N3O4S/c1-4-17(21)19-11-14-9-15(5-6-16(14)24-3)25(22,23)20-8-7-13(12-20)10-18-2/h5-6,9,13,18H,4,7-8,10-12H2,1-3H3,(H,19,21). The van der Waals surface area contributed by atoms with E-state index in [2.05, 4.69) is 10.6 Å². The van der Waals surface area contributed by atoms with E-state index in [-0.39, 0.29) is 17.3 Å². The van der Waals surface area contributed by atoms with Crippen LogP contribution in [0, 0.1) is 5.92 Å². The quantitative estimate of drug-likeness (QED) is 0.712. The molecule has 1 aromatic rings. The molecule has 1 aliphatic heterocycles. The molecule has 1 aliphatic rings. The van der Waals surface area contributed by atoms with E-state index in [1.807, 2.05) is 7.05 Å². The molecule has 1 fully saturated rings. The summed E-state index contributed by atoms with van der Waals surface area (Å²) in [5.41, 5.74) is 0.649. The van der Waals surface area contributed by atoms with Gasteiger partial charge in [-0.2, -0.15) is 4.31 Å². The Morgan fingerprint density at radius 3 is 2.80 bits per heavy atom. The Kier molecular flexibility index (Phi) is 6.80. The van der Waals surface area contributed by atoms with Gasteiger partial charge in [0.05, 0.1) is 12.0 Å². The molecule has 8 heteroatoms. The molecule has 0 radical (unpaired) electrons. The Morgan fingerprint density at radius 1 is 1.40 bits per heavy atom. The van der Waals surface area contributed by atoms with E-state index in [0.29, 0.717) is 36.7 Å². The number of nitrogens with zero attached hydrogens (tertiary/aromatic N) is 1. The summed E-state index contributed by atoms with van der Waals surface area (Å²) in [5, 5.41) is 5.86. The summed E-state index contributed by atoms with van der Waals surface area (Å²) in [7, 11) is -0.146. The first-order valence-corrected chi connectivity index (χ1v) is 9.94. The van der Waals surface area contributed by atoms with Gasteiger partial charge in [0, 0.05) is 31.6 Å². The molecule has 1 aromatic carbocycles. The first kappa shape index (κ1) is 19.7. The maximum absolute atomic E-state index is 12.9. The highest BCUT2D eigenvalue weighted by atomic mass is 32.2. The van der Waals surface area contributed by atoms with E-state index < -0.39 is 10.0 Å². The summed E-state index contributed by atoms with van der Waals surface area (Å²) in [6.45, 7) is 3.87. The molecule has 2 rings (SSSR count). The fourth-order valence-electron chi connectivity index (χ4n) is 2.99. The van der Waals surface area contributed by atoms with Crippen LogP contribution < -0.4 is 15.4 Å². The molecule has 25 heavy (non-hydrogen) atoms. The van der Waals surface area contributed by atoms with Gasteiger partial charge in [-0.15, -0.1) is 0 Å². The van der Waals surface area contributed by atoms with Gasteiger partial charge in [0.1, 0.15) is 5.75 Å². The first-order chi connectivity index (χ1) is 11.9. The third-order valence-corrected chi connectivity index (χ3v) is 6.29. The zero-order valence-corrected chi connectivity index (χ0v) is 15.9. The van der Waals surface area contributed by atoms with Gasteiger partial charge in [-0.3, -0.25) is 4.79 Å². The summed E-state index contributed by atoms with van der Waals surface area (Å²) < 4.78 is 32.6. The predicted octanol–water partition coefficient (Wildman–Crippen LogP) is 0.951. The second-order valence-electron chi connectivity index (χ2n) is 6.18. The van der Waals surface area contributed by atoms with Crippen molar-refractivity contribution < 1.29 is 17.9 Å². The number of benzene rings is 1. The first-order valence-electron chi connectivity index (χ1n) is 8.50. The fourth-order valence-corrected chi connectivity index (χ4v) is 4.57. The van der Waals surface area contributed by atoms with Gasteiger partial charge in [0.2, 0.25) is 15.9 Å². The Labute approximate surface area is 149 Å². The molecule has 0 saturated carbocycles. The molecule has 1 amide bonds. The Hall–Kier alpha value is -1.64. The topological polar surface area (TPSA) is 87.7 Å². The maximum Gasteiger partial charge on any atom is 0.243 e. The van der Waals surface area contributed by atoms with E-state index in [9.17, 15) is 13.2 Å². The molecule has 140 valence electrons. The van der Waals surface area contributed by atoms with Crippen LogP contribution in [0.15, 0.2) is 23.1 Å². The van der Waals surface area contributed by atoms with E-state index in [0.717, 1.165) is 13.0 Å². The van der Waals surface area contributed by atoms with Gasteiger partial charge >= 0.3 is 0 Å². The molecular formula is C17H27N3O4S. The lowest BCUT2D eigenvalue weighted by Crippen LogP contribution is -2.30. The van der Waals surface area contributed by atoms with Crippen molar-refractivity contribution in [3.8, 4) is 5.75 Å². The largest absolute Gasteiger partial charge is 0.496 e. The number of nitrogens with one attached hydrogen (secondary N) is 2. The molecule has 2 N–H and O–H groups in total. The molecule has 1 heterocycles. The molecule has 1 unspecified atom stereocenters. The molecule has 0 bridgehead atoms. The second-order valence-corrected chi connectivity index (χ2v) is 8.12. The molecular weight excluding hydrogens is 342 g/mol. The lowest BCUT2D eigenvalue weighted by Gasteiger charge is -2.18. The number of carbonyl (C=O) groups excluding carboxylic acids is 1. The molecule has 1 saturated heterocycles. The maximum atomic E-state index is 12.9. The predicted molar refractivity (Wildman–Crippen MR) is 95.9 cm³/mol. The lowest BCUT2D eigenvalue weighted by molar-refractivity contribution is -0.120. The van der Waals surface area contributed by atoms with Crippen molar-refractivity contribution in [2.24, 2.45) is 5.92 Å². The zero-order chi connectivity index (χ0) is 18.4. The van der Waals surface area contributed by atoms with E-state index in [4.69, 9.17) is 4.74 Å². The van der Waals surface area contributed by atoms with Crippen LogP contribution in [0.2, 0.25) is 0 Å². The van der Waals surface area contributed by atoms with E-state index in [1.54, 1.807) is 25.1 Å². The van der Waals surface area contributed by atoms with Crippen LogP contribution in [0.3, 0.4) is 0 Å². The third-order valence-electron chi connectivity index (χ3n) is 4.43. The number of carbonyl (C=O) groups is 1. The van der Waals surface area contributed by atoms with Crippen molar-refractivity contribution in [1.29, 1.82) is 0 Å². The summed E-state index contributed by atoms with van der Waals surface area (Å²) in [6.07, 6.45) is 1.23. The van der Waals surface area contributed by atoms with Crippen LogP contribution in [0.5, 0.6) is 5.75 Å². The third kappa shape index (κ3) is 4.71. The van der Waals surface area contributed by atoms with Crippen LogP contribution in [-0.4, -0.2) is 52.4 Å². The normalized spacial score (nSPS) is 18.3. The van der Waals surface area contributed by atoms with Crippen molar-refractivity contribution >= 4 is 15.9 Å². The molecule has 0 aromatic heterocycles. The average molecular weight is 369 g/mol. The lowest BCUT2D eigenvalue weighted by atomic mass is 10.1. The summed E-state index contributed by atoms with van der Waals surface area (Å²) >= 11 is 0. The highest BCUT2D eigenvalue weighted by Crippen LogP contribution is 2.28. The van der Waals surface area contributed by atoms with Crippen molar-refractivity contribution in [1.82, 2.24) is 14.9 Å². The van der Waals surface area contributed by atoms with Gasteiger partial charge in [0.15, 0.2) is 0 Å². The highest BCUT2D eigenvalue weighted by Gasteiger charge is 2.32. The summed E-state index contributed by atoms with van der Waals surface area (Å²) in [4.78, 5) is 11.7. The number of ether oxygens (including phenoxy) is 1. The Morgan fingerprint density at radius 2 is 2.16 bits per heavy atom. The summed E-state index contributed by atoms with van der Waals surface area (Å²) in [5.74, 6) is 0.802. The second kappa shape index (κ2) is 8.64. The molecule has 0 spiro atoms. The smallest absolute Gasteiger partial charge is 0.243 e. The number of amides is 1. The molecule has 7 nitrogen and oxygen atoms in total. The van der Waals surface area contributed by atoms with Crippen molar-refractivity contribution in [2.45, 2.75) is 31.2 Å². The molecule has 1 atom stereocenters. The van der Waals surface area contributed by atoms with Crippen molar-refractivity contribution in [3.63, 3.8) is 0 Å². The van der Waals surface area contributed by atoms with E-state index >= 15 is 0 Å². The average Bonchev–Trinajstić information content (AvgIpc) is 3.09. The van der Waals surface area contributed by atoms with Crippen LogP contribution >= 0.6 is 0 Å². The number of methoxy groups -OCH3 is 1. The van der Waals surface area contributed by atoms with Crippen LogP contribution in [0.4, 0.5) is 0 Å². The van der Waals surface area contributed by atoms with E-state index in [1.165, 1.54) is 11.4 Å². The SMILES string of the molecule is CCC(=O)NCc1cc(S(=O)(=O)N2CCC(CNC)C2)ccc1OC. The number of rotatable bonds is 8. The monoisotopic (exact) mass is 369 g/mol. The number of sulfonamides is 1. The van der Waals surface area contributed by atoms with Crippen molar-refractivity contribution in [2.75, 3.05) is 33.8 Å². The number of hydrogen-bond donors (Lipinski definition) is 2. The van der Waals surface area contributed by atoms with Gasteiger partial charge in [-0.25, -0.2) is 8.42 Å². The Bertz CT molecular complexity index is 706. The zero-order valence-electron chi connectivity index (χ0n) is 15.0. The minimum absolute atomic E-state index is 0.0928. The van der Waals surface area contributed by atoms with Crippen LogP contribution in [0.25, 0.3) is 0 Å². The summed E-state index contributed by atoms with van der Waals surface area (Å²) in [6, 6.07) is 4.79.